The first kappa shape index (κ1) is 20.9. The van der Waals surface area contributed by atoms with E-state index in [4.69, 9.17) is 9.47 Å². The van der Waals surface area contributed by atoms with Crippen LogP contribution in [0.25, 0.3) is 5.57 Å². The van der Waals surface area contributed by atoms with Gasteiger partial charge in [0.05, 0.1) is 6.54 Å². The summed E-state index contributed by atoms with van der Waals surface area (Å²) in [5.41, 5.74) is 4.75. The van der Waals surface area contributed by atoms with Gasteiger partial charge in [0, 0.05) is 18.5 Å². The molecule has 3 nitrogen and oxygen atoms in total. The number of allylic oxidation sites excluding steroid dienone is 1. The molecule has 0 amide bonds. The fraction of sp³-hybridized carbons (Fsp3) is 0.133. The molecule has 33 heavy (non-hydrogen) atoms. The minimum Gasteiger partial charge on any atom is -0.477 e. The van der Waals surface area contributed by atoms with Gasteiger partial charge < -0.3 is 14.4 Å². The zero-order chi connectivity index (χ0) is 22.3. The molecule has 0 aromatic heterocycles. The molecule has 3 heteroatoms. The van der Waals surface area contributed by atoms with Crippen LogP contribution >= 0.6 is 0 Å². The van der Waals surface area contributed by atoms with E-state index in [1.165, 1.54) is 16.7 Å². The minimum absolute atomic E-state index is 0.695. The molecule has 0 saturated carbocycles. The van der Waals surface area contributed by atoms with Gasteiger partial charge >= 0.3 is 0 Å². The van der Waals surface area contributed by atoms with Gasteiger partial charge in [-0.3, -0.25) is 0 Å². The Balaban J connectivity index is 1.51. The largest absolute Gasteiger partial charge is 0.477 e. The fourth-order valence-corrected chi connectivity index (χ4v) is 4.17. The van der Waals surface area contributed by atoms with Crippen LogP contribution in [0, 0.1) is 0 Å². The zero-order valence-corrected chi connectivity index (χ0v) is 18.6. The average molecular weight is 434 g/mol. The zero-order valence-electron chi connectivity index (χ0n) is 18.6. The molecular weight excluding hydrogens is 406 g/mol. The number of hydrogen-bond acceptors (Lipinski definition) is 3. The number of rotatable bonds is 7. The molecular formula is C30H27NO2. The maximum atomic E-state index is 6.25. The topological polar surface area (TPSA) is 21.7 Å². The molecule has 5 rings (SSSR count). The van der Waals surface area contributed by atoms with E-state index in [1.54, 1.807) is 0 Å². The highest BCUT2D eigenvalue weighted by molar-refractivity contribution is 5.70. The third kappa shape index (κ3) is 5.09. The van der Waals surface area contributed by atoms with Crippen molar-refractivity contribution in [1.82, 2.24) is 4.90 Å². The van der Waals surface area contributed by atoms with Crippen LogP contribution in [0.5, 0.6) is 11.5 Å². The number of hydrogen-bond donors (Lipinski definition) is 0. The van der Waals surface area contributed by atoms with E-state index in [1.807, 2.05) is 42.5 Å². The van der Waals surface area contributed by atoms with Gasteiger partial charge in [-0.05, 0) is 34.9 Å². The summed E-state index contributed by atoms with van der Waals surface area (Å²) in [5, 5.41) is 0. The van der Waals surface area contributed by atoms with Crippen molar-refractivity contribution in [3.63, 3.8) is 0 Å². The summed E-state index contributed by atoms with van der Waals surface area (Å²) < 4.78 is 12.5. The maximum absolute atomic E-state index is 6.25. The molecule has 4 aromatic carbocycles. The van der Waals surface area contributed by atoms with Crippen LogP contribution in [0.15, 0.2) is 121 Å². The highest BCUT2D eigenvalue weighted by Crippen LogP contribution is 2.34. The van der Waals surface area contributed by atoms with E-state index in [0.29, 0.717) is 13.0 Å². The molecule has 1 saturated heterocycles. The molecule has 0 aliphatic carbocycles. The summed E-state index contributed by atoms with van der Waals surface area (Å²) >= 11 is 0. The minimum atomic E-state index is 0.695. The molecule has 0 unspecified atom stereocenters. The summed E-state index contributed by atoms with van der Waals surface area (Å²) in [5.74, 6) is 2.66. The van der Waals surface area contributed by atoms with Crippen LogP contribution in [0.4, 0.5) is 0 Å². The Kier molecular flexibility index (Phi) is 6.39. The molecule has 1 heterocycles. The van der Waals surface area contributed by atoms with Gasteiger partial charge in [-0.25, -0.2) is 0 Å². The fourth-order valence-electron chi connectivity index (χ4n) is 4.17. The third-order valence-corrected chi connectivity index (χ3v) is 5.79. The smallest absolute Gasteiger partial charge is 0.194 e. The number of ether oxygens (including phenoxy) is 2. The molecule has 0 bridgehead atoms. The van der Waals surface area contributed by atoms with Crippen LogP contribution < -0.4 is 4.74 Å². The molecule has 1 aliphatic heterocycles. The lowest BCUT2D eigenvalue weighted by Gasteiger charge is -2.22. The van der Waals surface area contributed by atoms with Gasteiger partial charge in [-0.15, -0.1) is 0 Å². The summed E-state index contributed by atoms with van der Waals surface area (Å²) in [6.07, 6.45) is 0.716. The van der Waals surface area contributed by atoms with Gasteiger partial charge in [-0.1, -0.05) is 97.1 Å². The molecule has 0 N–H and O–H groups in total. The predicted octanol–water partition coefficient (Wildman–Crippen LogP) is 6.92. The van der Waals surface area contributed by atoms with Crippen LogP contribution in [0.2, 0.25) is 0 Å². The highest BCUT2D eigenvalue weighted by atomic mass is 16.5. The number of nitrogens with zero attached hydrogens (tertiary/aromatic N) is 1. The Hall–Kier alpha value is -3.98. The van der Waals surface area contributed by atoms with Crippen LogP contribution in [-0.4, -0.2) is 18.1 Å². The van der Waals surface area contributed by atoms with Crippen LogP contribution in [0.1, 0.15) is 16.7 Å². The molecule has 1 fully saturated rings. The van der Waals surface area contributed by atoms with E-state index in [0.717, 1.165) is 36.0 Å². The normalized spacial score (nSPS) is 14.6. The third-order valence-electron chi connectivity index (χ3n) is 5.79. The summed E-state index contributed by atoms with van der Waals surface area (Å²) in [6.45, 7) is 2.40. The summed E-state index contributed by atoms with van der Waals surface area (Å²) in [6, 6.07) is 39.3. The second kappa shape index (κ2) is 10.1. The first-order valence-electron chi connectivity index (χ1n) is 11.4. The van der Waals surface area contributed by atoms with Crippen molar-refractivity contribution in [2.24, 2.45) is 0 Å². The highest BCUT2D eigenvalue weighted by Gasteiger charge is 2.24. The Morgan fingerprint density at radius 3 is 2.12 bits per heavy atom. The lowest BCUT2D eigenvalue weighted by molar-refractivity contribution is 0.233. The van der Waals surface area contributed by atoms with Crippen LogP contribution in [-0.2, 0) is 17.7 Å². The molecule has 0 radical (unpaired) electrons. The first-order valence-corrected chi connectivity index (χ1v) is 11.4. The molecule has 4 aromatic rings. The second-order valence-electron chi connectivity index (χ2n) is 8.10. The van der Waals surface area contributed by atoms with Crippen LogP contribution in [0.3, 0.4) is 0 Å². The lowest BCUT2D eigenvalue weighted by atomic mass is 9.97. The Morgan fingerprint density at radius 2 is 1.36 bits per heavy atom. The molecule has 164 valence electrons. The Labute approximate surface area is 195 Å². The van der Waals surface area contributed by atoms with Crippen molar-refractivity contribution < 1.29 is 9.47 Å². The summed E-state index contributed by atoms with van der Waals surface area (Å²) in [7, 11) is 0. The standard InChI is InChI=1S/C30H27NO2/c1-4-12-24(13-5-1)23-31-20-21-32-30(31)28(25-14-6-2-7-15-25)22-26-16-10-11-19-29(26)33-27-17-8-3-9-18-27/h1-19H,20-23H2/b30-28-. The first-order chi connectivity index (χ1) is 16.4. The van der Waals surface area contributed by atoms with Crippen molar-refractivity contribution in [2.75, 3.05) is 13.2 Å². The van der Waals surface area contributed by atoms with Crippen molar-refractivity contribution in [2.45, 2.75) is 13.0 Å². The predicted molar refractivity (Wildman–Crippen MR) is 133 cm³/mol. The molecule has 0 spiro atoms. The van der Waals surface area contributed by atoms with Gasteiger partial charge in [0.2, 0.25) is 0 Å². The number of benzene rings is 4. The van der Waals surface area contributed by atoms with Gasteiger partial charge in [0.1, 0.15) is 18.1 Å². The monoisotopic (exact) mass is 433 g/mol. The van der Waals surface area contributed by atoms with Crippen molar-refractivity contribution in [3.05, 3.63) is 138 Å². The van der Waals surface area contributed by atoms with Gasteiger partial charge in [0.15, 0.2) is 5.88 Å². The van der Waals surface area contributed by atoms with E-state index in [9.17, 15) is 0 Å². The van der Waals surface area contributed by atoms with Gasteiger partial charge in [-0.2, -0.15) is 0 Å². The lowest BCUT2D eigenvalue weighted by Crippen LogP contribution is -2.19. The van der Waals surface area contributed by atoms with Gasteiger partial charge in [0.25, 0.3) is 0 Å². The maximum Gasteiger partial charge on any atom is 0.194 e. The number of para-hydroxylation sites is 2. The SMILES string of the molecule is c1ccc(CN2CCO/C2=C(/Cc2ccccc2Oc2ccccc2)c2ccccc2)cc1. The average Bonchev–Trinajstić information content (AvgIpc) is 3.33. The van der Waals surface area contributed by atoms with E-state index >= 15 is 0 Å². The molecule has 1 aliphatic rings. The summed E-state index contributed by atoms with van der Waals surface area (Å²) in [4.78, 5) is 2.35. The van der Waals surface area contributed by atoms with E-state index in [2.05, 4.69) is 77.7 Å². The Bertz CT molecular complexity index is 1200. The second-order valence-corrected chi connectivity index (χ2v) is 8.10. The van der Waals surface area contributed by atoms with E-state index < -0.39 is 0 Å². The quantitative estimate of drug-likeness (QED) is 0.316. The molecule has 0 atom stereocenters. The van der Waals surface area contributed by atoms with Crippen molar-refractivity contribution >= 4 is 5.57 Å². The van der Waals surface area contributed by atoms with E-state index in [-0.39, 0.29) is 0 Å². The Morgan fingerprint density at radius 1 is 0.727 bits per heavy atom. The van der Waals surface area contributed by atoms with Crippen molar-refractivity contribution in [1.29, 1.82) is 0 Å². The van der Waals surface area contributed by atoms with Crippen molar-refractivity contribution in [3.8, 4) is 11.5 Å².